The summed E-state index contributed by atoms with van der Waals surface area (Å²) in [5.74, 6) is -0.460. The third kappa shape index (κ3) is 8.52. The number of nitrogens with zero attached hydrogens (tertiary/aromatic N) is 2. The van der Waals surface area contributed by atoms with E-state index in [4.69, 9.17) is 11.6 Å². The summed E-state index contributed by atoms with van der Waals surface area (Å²) in [4.78, 5) is 27.8. The number of hydrogen-bond acceptors (Lipinski definition) is 4. The van der Waals surface area contributed by atoms with Crippen molar-refractivity contribution >= 4 is 39.1 Å². The number of anilines is 1. The van der Waals surface area contributed by atoms with Gasteiger partial charge in [-0.1, -0.05) is 47.5 Å². The predicted molar refractivity (Wildman–Crippen MR) is 147 cm³/mol. The highest BCUT2D eigenvalue weighted by Crippen LogP contribution is 2.28. The molecule has 7 nitrogen and oxygen atoms in total. The SMILES string of the molecule is Cc1ccc(CN(C(=O)CCCN(c2cccc(Cl)c2C)S(C)(=O)=O)[C@H](C)C(=O)NC(C)(C)C)cc1. The molecular weight excluding hydrogens is 498 g/mol. The summed E-state index contributed by atoms with van der Waals surface area (Å²) in [6, 6.07) is 12.2. The molecule has 0 aliphatic heterocycles. The molecule has 1 atom stereocenters. The first kappa shape index (κ1) is 29.6. The summed E-state index contributed by atoms with van der Waals surface area (Å²) >= 11 is 6.21. The molecule has 0 unspecified atom stereocenters. The molecule has 2 amide bonds. The van der Waals surface area contributed by atoms with Crippen molar-refractivity contribution in [2.24, 2.45) is 0 Å². The number of carbonyl (C=O) groups excluding carboxylic acids is 2. The molecule has 0 radical (unpaired) electrons. The largest absolute Gasteiger partial charge is 0.350 e. The van der Waals surface area contributed by atoms with Gasteiger partial charge in [-0.15, -0.1) is 0 Å². The Morgan fingerprint density at radius 1 is 1.06 bits per heavy atom. The lowest BCUT2D eigenvalue weighted by Crippen LogP contribution is -2.52. The summed E-state index contributed by atoms with van der Waals surface area (Å²) in [7, 11) is -3.59. The zero-order chi connectivity index (χ0) is 27.3. The first-order chi connectivity index (χ1) is 16.6. The normalized spacial score (nSPS) is 12.7. The van der Waals surface area contributed by atoms with Crippen LogP contribution in [0.15, 0.2) is 42.5 Å². The van der Waals surface area contributed by atoms with Crippen molar-refractivity contribution in [1.29, 1.82) is 0 Å². The number of rotatable bonds is 10. The van der Waals surface area contributed by atoms with Gasteiger partial charge in [-0.05, 0) is 71.2 Å². The van der Waals surface area contributed by atoms with Gasteiger partial charge in [0.1, 0.15) is 6.04 Å². The van der Waals surface area contributed by atoms with Gasteiger partial charge in [0.05, 0.1) is 11.9 Å². The van der Waals surface area contributed by atoms with Gasteiger partial charge in [-0.3, -0.25) is 13.9 Å². The molecule has 2 aromatic rings. The van der Waals surface area contributed by atoms with E-state index in [1.54, 1.807) is 36.9 Å². The number of sulfonamides is 1. The molecular formula is C27H38ClN3O4S. The predicted octanol–water partition coefficient (Wildman–Crippen LogP) is 4.84. The Morgan fingerprint density at radius 3 is 2.22 bits per heavy atom. The summed E-state index contributed by atoms with van der Waals surface area (Å²) in [5.41, 5.74) is 2.73. The third-order valence-corrected chi connectivity index (χ3v) is 7.39. The summed E-state index contributed by atoms with van der Waals surface area (Å²) in [5, 5.41) is 3.42. The summed E-state index contributed by atoms with van der Waals surface area (Å²) < 4.78 is 26.4. The minimum atomic E-state index is -3.59. The molecule has 0 saturated carbocycles. The second-order valence-electron chi connectivity index (χ2n) is 10.2. The van der Waals surface area contributed by atoms with Gasteiger partial charge < -0.3 is 10.2 Å². The molecule has 0 fully saturated rings. The molecule has 0 aromatic heterocycles. The van der Waals surface area contributed by atoms with Crippen LogP contribution in [-0.2, 0) is 26.2 Å². The molecule has 0 aliphatic rings. The van der Waals surface area contributed by atoms with Gasteiger partial charge in [0.2, 0.25) is 21.8 Å². The van der Waals surface area contributed by atoms with Crippen LogP contribution in [0.3, 0.4) is 0 Å². The lowest BCUT2D eigenvalue weighted by Gasteiger charge is -2.32. The average molecular weight is 536 g/mol. The first-order valence-corrected chi connectivity index (χ1v) is 14.2. The highest BCUT2D eigenvalue weighted by Gasteiger charge is 2.29. The van der Waals surface area contributed by atoms with Crippen LogP contribution in [0.2, 0.25) is 5.02 Å². The molecule has 0 heterocycles. The van der Waals surface area contributed by atoms with Crippen LogP contribution in [0.1, 0.15) is 57.2 Å². The van der Waals surface area contributed by atoms with E-state index in [9.17, 15) is 18.0 Å². The average Bonchev–Trinajstić information content (AvgIpc) is 2.76. The number of benzene rings is 2. The van der Waals surface area contributed by atoms with E-state index < -0.39 is 21.6 Å². The van der Waals surface area contributed by atoms with Crippen molar-refractivity contribution in [3.63, 3.8) is 0 Å². The van der Waals surface area contributed by atoms with Crippen molar-refractivity contribution in [3.05, 3.63) is 64.2 Å². The monoisotopic (exact) mass is 535 g/mol. The Labute approximate surface area is 220 Å². The van der Waals surface area contributed by atoms with E-state index in [1.807, 2.05) is 52.0 Å². The van der Waals surface area contributed by atoms with Crippen molar-refractivity contribution in [2.75, 3.05) is 17.1 Å². The lowest BCUT2D eigenvalue weighted by molar-refractivity contribution is -0.141. The Kier molecular flexibility index (Phi) is 9.97. The number of carbonyl (C=O) groups is 2. The fourth-order valence-electron chi connectivity index (χ4n) is 3.80. The molecule has 2 rings (SSSR count). The molecule has 9 heteroatoms. The maximum Gasteiger partial charge on any atom is 0.242 e. The first-order valence-electron chi connectivity index (χ1n) is 12.0. The number of nitrogens with one attached hydrogen (secondary N) is 1. The minimum absolute atomic E-state index is 0.0879. The Bertz CT molecular complexity index is 1170. The Hall–Kier alpha value is -2.58. The molecule has 198 valence electrons. The Balaban J connectivity index is 2.22. The zero-order valence-electron chi connectivity index (χ0n) is 22.3. The van der Waals surface area contributed by atoms with E-state index in [-0.39, 0.29) is 37.7 Å². The molecule has 1 N–H and O–H groups in total. The second kappa shape index (κ2) is 12.1. The second-order valence-corrected chi connectivity index (χ2v) is 12.6. The highest BCUT2D eigenvalue weighted by atomic mass is 35.5. The summed E-state index contributed by atoms with van der Waals surface area (Å²) in [6.45, 7) is 11.5. The van der Waals surface area contributed by atoms with Gasteiger partial charge >= 0.3 is 0 Å². The molecule has 0 spiro atoms. The smallest absolute Gasteiger partial charge is 0.242 e. The van der Waals surface area contributed by atoms with Crippen molar-refractivity contribution in [3.8, 4) is 0 Å². The van der Waals surface area contributed by atoms with E-state index in [2.05, 4.69) is 5.32 Å². The standard InChI is InChI=1S/C27H38ClN3O4S/c1-19-13-15-22(16-14-19)18-30(21(3)26(33)29-27(4,5)6)25(32)12-9-17-31(36(7,34)35)24-11-8-10-23(28)20(24)2/h8,10-11,13-16,21H,9,12,17-18H2,1-7H3,(H,29,33)/t21-/m1/s1. The van der Waals surface area contributed by atoms with Crippen LogP contribution in [0.25, 0.3) is 0 Å². The van der Waals surface area contributed by atoms with E-state index in [0.29, 0.717) is 16.3 Å². The fraction of sp³-hybridized carbons (Fsp3) is 0.481. The molecule has 0 bridgehead atoms. The van der Waals surface area contributed by atoms with Crippen LogP contribution < -0.4 is 9.62 Å². The number of aryl methyl sites for hydroxylation is 1. The maximum absolute atomic E-state index is 13.4. The minimum Gasteiger partial charge on any atom is -0.350 e. The third-order valence-electron chi connectivity index (χ3n) is 5.80. The van der Waals surface area contributed by atoms with Crippen molar-refractivity contribution in [1.82, 2.24) is 10.2 Å². The molecule has 2 aromatic carbocycles. The van der Waals surface area contributed by atoms with E-state index in [0.717, 1.165) is 17.4 Å². The van der Waals surface area contributed by atoms with Crippen LogP contribution in [0, 0.1) is 13.8 Å². The van der Waals surface area contributed by atoms with Gasteiger partial charge in [0.25, 0.3) is 0 Å². The van der Waals surface area contributed by atoms with Gasteiger partial charge in [0.15, 0.2) is 0 Å². The lowest BCUT2D eigenvalue weighted by atomic mass is 10.1. The maximum atomic E-state index is 13.4. The number of amides is 2. The quantitative estimate of drug-likeness (QED) is 0.472. The topological polar surface area (TPSA) is 86.8 Å². The zero-order valence-corrected chi connectivity index (χ0v) is 23.8. The Morgan fingerprint density at radius 2 is 1.67 bits per heavy atom. The van der Waals surface area contributed by atoms with Crippen LogP contribution in [0.5, 0.6) is 0 Å². The van der Waals surface area contributed by atoms with Crippen molar-refractivity contribution in [2.45, 2.75) is 72.5 Å². The number of halogens is 1. The highest BCUT2D eigenvalue weighted by molar-refractivity contribution is 7.92. The summed E-state index contributed by atoms with van der Waals surface area (Å²) in [6.07, 6.45) is 1.51. The van der Waals surface area contributed by atoms with Crippen LogP contribution in [0.4, 0.5) is 5.69 Å². The van der Waals surface area contributed by atoms with Crippen molar-refractivity contribution < 1.29 is 18.0 Å². The van der Waals surface area contributed by atoms with Gasteiger partial charge in [0, 0.05) is 30.1 Å². The molecule has 36 heavy (non-hydrogen) atoms. The van der Waals surface area contributed by atoms with E-state index >= 15 is 0 Å². The van der Waals surface area contributed by atoms with Crippen LogP contribution >= 0.6 is 11.6 Å². The fourth-order valence-corrected chi connectivity index (χ4v) is 4.98. The van der Waals surface area contributed by atoms with Gasteiger partial charge in [-0.2, -0.15) is 0 Å². The molecule has 0 saturated heterocycles. The molecule has 0 aliphatic carbocycles. The number of hydrogen-bond donors (Lipinski definition) is 1. The van der Waals surface area contributed by atoms with E-state index in [1.165, 1.54) is 4.31 Å². The van der Waals surface area contributed by atoms with Gasteiger partial charge in [-0.25, -0.2) is 8.42 Å². The van der Waals surface area contributed by atoms with Crippen LogP contribution in [-0.4, -0.2) is 49.5 Å².